The summed E-state index contributed by atoms with van der Waals surface area (Å²) >= 11 is 0. The average Bonchev–Trinajstić information content (AvgIpc) is 2.15. The molecule has 0 amide bonds. The van der Waals surface area contributed by atoms with Gasteiger partial charge in [-0.2, -0.15) is 0 Å². The van der Waals surface area contributed by atoms with Gasteiger partial charge in [0.25, 0.3) is 0 Å². The standard InChI is InChI=1S/C12H18FN/c1-9(2)14-8-10(3)11-6-4-5-7-12(11)13/h4-7,9-10,14H,8H2,1-3H3. The predicted molar refractivity (Wildman–Crippen MR) is 58.0 cm³/mol. The lowest BCUT2D eigenvalue weighted by molar-refractivity contribution is 0.526. The smallest absolute Gasteiger partial charge is 0.126 e. The molecule has 0 aliphatic heterocycles. The van der Waals surface area contributed by atoms with Gasteiger partial charge >= 0.3 is 0 Å². The van der Waals surface area contributed by atoms with E-state index in [0.717, 1.165) is 12.1 Å². The van der Waals surface area contributed by atoms with Gasteiger partial charge in [0.1, 0.15) is 5.82 Å². The Hall–Kier alpha value is -0.890. The Morgan fingerprint density at radius 1 is 1.21 bits per heavy atom. The van der Waals surface area contributed by atoms with E-state index in [1.807, 2.05) is 19.1 Å². The minimum absolute atomic E-state index is 0.106. The summed E-state index contributed by atoms with van der Waals surface area (Å²) in [5.74, 6) is 0.115. The van der Waals surface area contributed by atoms with Crippen LogP contribution in [0.3, 0.4) is 0 Å². The van der Waals surface area contributed by atoms with Gasteiger partial charge in [-0.05, 0) is 17.5 Å². The van der Waals surface area contributed by atoms with Crippen molar-refractivity contribution in [2.45, 2.75) is 32.7 Å². The number of hydrogen-bond donors (Lipinski definition) is 1. The number of hydrogen-bond acceptors (Lipinski definition) is 1. The van der Waals surface area contributed by atoms with Crippen LogP contribution in [-0.2, 0) is 0 Å². The number of rotatable bonds is 4. The fourth-order valence-electron chi connectivity index (χ4n) is 1.40. The van der Waals surface area contributed by atoms with Crippen molar-refractivity contribution in [3.63, 3.8) is 0 Å². The monoisotopic (exact) mass is 195 g/mol. The van der Waals surface area contributed by atoms with Gasteiger partial charge in [-0.15, -0.1) is 0 Å². The van der Waals surface area contributed by atoms with Crippen LogP contribution in [0.4, 0.5) is 4.39 Å². The van der Waals surface area contributed by atoms with Crippen LogP contribution in [0.25, 0.3) is 0 Å². The highest BCUT2D eigenvalue weighted by molar-refractivity contribution is 5.21. The van der Waals surface area contributed by atoms with Crippen molar-refractivity contribution in [1.82, 2.24) is 5.32 Å². The fraction of sp³-hybridized carbons (Fsp3) is 0.500. The van der Waals surface area contributed by atoms with E-state index in [4.69, 9.17) is 0 Å². The summed E-state index contributed by atoms with van der Waals surface area (Å²) < 4.78 is 13.3. The molecule has 1 atom stereocenters. The van der Waals surface area contributed by atoms with Gasteiger partial charge in [-0.3, -0.25) is 0 Å². The first-order valence-corrected chi connectivity index (χ1v) is 5.09. The third-order valence-corrected chi connectivity index (χ3v) is 2.27. The molecule has 0 aliphatic rings. The van der Waals surface area contributed by atoms with Crippen molar-refractivity contribution in [2.24, 2.45) is 0 Å². The maximum atomic E-state index is 13.3. The Bertz CT molecular complexity index is 283. The highest BCUT2D eigenvalue weighted by atomic mass is 19.1. The molecule has 1 nitrogen and oxygen atoms in total. The zero-order valence-corrected chi connectivity index (χ0v) is 9.05. The number of nitrogens with one attached hydrogen (secondary N) is 1. The van der Waals surface area contributed by atoms with E-state index in [1.54, 1.807) is 6.07 Å². The molecule has 14 heavy (non-hydrogen) atoms. The normalized spacial score (nSPS) is 13.2. The SMILES string of the molecule is CC(C)NCC(C)c1ccccc1F. The lowest BCUT2D eigenvalue weighted by atomic mass is 10.0. The Balaban J connectivity index is 2.60. The zero-order valence-electron chi connectivity index (χ0n) is 9.05. The first-order valence-electron chi connectivity index (χ1n) is 5.09. The van der Waals surface area contributed by atoms with Gasteiger partial charge in [0.05, 0.1) is 0 Å². The molecule has 1 rings (SSSR count). The second kappa shape index (κ2) is 5.11. The quantitative estimate of drug-likeness (QED) is 0.779. The minimum atomic E-state index is -0.106. The maximum absolute atomic E-state index is 13.3. The van der Waals surface area contributed by atoms with Crippen molar-refractivity contribution in [1.29, 1.82) is 0 Å². The molecule has 0 spiro atoms. The maximum Gasteiger partial charge on any atom is 0.126 e. The summed E-state index contributed by atoms with van der Waals surface area (Å²) in [7, 11) is 0. The molecule has 0 radical (unpaired) electrons. The van der Waals surface area contributed by atoms with E-state index < -0.39 is 0 Å². The summed E-state index contributed by atoms with van der Waals surface area (Å²) in [5.41, 5.74) is 0.792. The molecule has 0 saturated carbocycles. The van der Waals surface area contributed by atoms with Crippen molar-refractivity contribution in [2.75, 3.05) is 6.54 Å². The molecular formula is C12H18FN. The topological polar surface area (TPSA) is 12.0 Å². The van der Waals surface area contributed by atoms with E-state index in [2.05, 4.69) is 19.2 Å². The molecule has 0 aromatic heterocycles. The minimum Gasteiger partial charge on any atom is -0.314 e. The Kier molecular flexibility index (Phi) is 4.08. The molecule has 1 aromatic carbocycles. The molecule has 78 valence electrons. The van der Waals surface area contributed by atoms with Crippen LogP contribution in [0.2, 0.25) is 0 Å². The predicted octanol–water partition coefficient (Wildman–Crippen LogP) is 2.93. The molecule has 1 aromatic rings. The molecule has 1 unspecified atom stereocenters. The van der Waals surface area contributed by atoms with Gasteiger partial charge in [-0.1, -0.05) is 39.0 Å². The van der Waals surface area contributed by atoms with Gasteiger partial charge in [0.15, 0.2) is 0 Å². The molecule has 0 saturated heterocycles. The van der Waals surface area contributed by atoms with Crippen molar-refractivity contribution in [3.05, 3.63) is 35.6 Å². The van der Waals surface area contributed by atoms with Gasteiger partial charge in [0, 0.05) is 12.6 Å². The summed E-state index contributed by atoms with van der Waals surface area (Å²) in [6.45, 7) is 7.04. The van der Waals surface area contributed by atoms with Crippen LogP contribution < -0.4 is 5.32 Å². The van der Waals surface area contributed by atoms with Crippen molar-refractivity contribution < 1.29 is 4.39 Å². The highest BCUT2D eigenvalue weighted by Gasteiger charge is 2.09. The van der Waals surface area contributed by atoms with Crippen LogP contribution in [0, 0.1) is 5.82 Å². The molecule has 2 heteroatoms. The summed E-state index contributed by atoms with van der Waals surface area (Å²) in [6.07, 6.45) is 0. The summed E-state index contributed by atoms with van der Waals surface area (Å²) in [6, 6.07) is 7.42. The first-order chi connectivity index (χ1) is 6.61. The average molecular weight is 195 g/mol. The largest absolute Gasteiger partial charge is 0.314 e. The molecule has 0 bridgehead atoms. The highest BCUT2D eigenvalue weighted by Crippen LogP contribution is 2.17. The van der Waals surface area contributed by atoms with Crippen LogP contribution in [0.15, 0.2) is 24.3 Å². The molecule has 1 N–H and O–H groups in total. The van der Waals surface area contributed by atoms with Crippen molar-refractivity contribution in [3.8, 4) is 0 Å². The molecular weight excluding hydrogens is 177 g/mol. The van der Waals surface area contributed by atoms with Gasteiger partial charge < -0.3 is 5.32 Å². The van der Waals surface area contributed by atoms with Gasteiger partial charge in [0.2, 0.25) is 0 Å². The van der Waals surface area contributed by atoms with Crippen molar-refractivity contribution >= 4 is 0 Å². The van der Waals surface area contributed by atoms with Gasteiger partial charge in [-0.25, -0.2) is 4.39 Å². The lowest BCUT2D eigenvalue weighted by Crippen LogP contribution is -2.27. The van der Waals surface area contributed by atoms with E-state index in [0.29, 0.717) is 6.04 Å². The molecule has 0 heterocycles. The van der Waals surface area contributed by atoms with Crippen LogP contribution >= 0.6 is 0 Å². The van der Waals surface area contributed by atoms with E-state index in [-0.39, 0.29) is 11.7 Å². The summed E-state index contributed by atoms with van der Waals surface area (Å²) in [5, 5.41) is 3.30. The second-order valence-electron chi connectivity index (χ2n) is 3.99. The second-order valence-corrected chi connectivity index (χ2v) is 3.99. The third-order valence-electron chi connectivity index (χ3n) is 2.27. The summed E-state index contributed by atoms with van der Waals surface area (Å²) in [4.78, 5) is 0. The van der Waals surface area contributed by atoms with E-state index in [1.165, 1.54) is 6.07 Å². The van der Waals surface area contributed by atoms with E-state index >= 15 is 0 Å². The first kappa shape index (κ1) is 11.2. The Morgan fingerprint density at radius 3 is 2.43 bits per heavy atom. The Labute approximate surface area is 85.3 Å². The van der Waals surface area contributed by atoms with Crippen LogP contribution in [0.5, 0.6) is 0 Å². The van der Waals surface area contributed by atoms with Crippen LogP contribution in [-0.4, -0.2) is 12.6 Å². The molecule has 0 aliphatic carbocycles. The lowest BCUT2D eigenvalue weighted by Gasteiger charge is -2.15. The van der Waals surface area contributed by atoms with E-state index in [9.17, 15) is 4.39 Å². The number of benzene rings is 1. The fourth-order valence-corrected chi connectivity index (χ4v) is 1.40. The third kappa shape index (κ3) is 3.11. The zero-order chi connectivity index (χ0) is 10.6. The van der Waals surface area contributed by atoms with Crippen LogP contribution in [0.1, 0.15) is 32.3 Å². The molecule has 0 fully saturated rings. The Morgan fingerprint density at radius 2 is 1.86 bits per heavy atom. The number of halogens is 1.